The van der Waals surface area contributed by atoms with E-state index in [0.717, 1.165) is 31.4 Å². The van der Waals surface area contributed by atoms with Gasteiger partial charge in [-0.15, -0.1) is 0 Å². The van der Waals surface area contributed by atoms with Gasteiger partial charge in [-0.25, -0.2) is 4.98 Å². The molecule has 1 aliphatic rings. The average Bonchev–Trinajstić information content (AvgIpc) is 3.12. The quantitative estimate of drug-likeness (QED) is 0.377. The van der Waals surface area contributed by atoms with Gasteiger partial charge in [-0.2, -0.15) is 26.3 Å². The highest BCUT2D eigenvalue weighted by molar-refractivity contribution is 5.76. The summed E-state index contributed by atoms with van der Waals surface area (Å²) in [6.07, 6.45) is -8.23. The highest BCUT2D eigenvalue weighted by Crippen LogP contribution is 2.37. The third-order valence-corrected chi connectivity index (χ3v) is 6.36. The molecule has 0 spiro atoms. The molecule has 0 saturated carbocycles. The van der Waals surface area contributed by atoms with Crippen LogP contribution in [0.25, 0.3) is 16.8 Å². The largest absolute Gasteiger partial charge is 0.668 e. The summed E-state index contributed by atoms with van der Waals surface area (Å²) in [5, 5.41) is 0. The number of imidazole rings is 1. The highest BCUT2D eigenvalue weighted by atomic mass is 19.4. The van der Waals surface area contributed by atoms with Gasteiger partial charge in [0.05, 0.1) is 28.0 Å². The van der Waals surface area contributed by atoms with Crippen LogP contribution < -0.4 is 0 Å². The van der Waals surface area contributed by atoms with Gasteiger partial charge in [0.25, 0.3) is 0 Å². The number of aromatic nitrogens is 2. The van der Waals surface area contributed by atoms with Crippen molar-refractivity contribution in [1.82, 2.24) is 14.5 Å². The Balaban J connectivity index is 1.68. The van der Waals surface area contributed by atoms with Gasteiger partial charge in [0.15, 0.2) is 0 Å². The first-order valence-electron chi connectivity index (χ1n) is 11.0. The number of likely N-dealkylation sites (tertiary alicyclic amines) is 1. The van der Waals surface area contributed by atoms with Crippen molar-refractivity contribution >= 4 is 11.0 Å². The van der Waals surface area contributed by atoms with E-state index < -0.39 is 29.5 Å². The lowest BCUT2D eigenvalue weighted by molar-refractivity contribution is -0.143. The van der Waals surface area contributed by atoms with E-state index in [4.69, 9.17) is 5.73 Å². The molecule has 4 rings (SSSR count). The zero-order chi connectivity index (χ0) is 24.7. The van der Waals surface area contributed by atoms with Crippen LogP contribution in [0.4, 0.5) is 26.3 Å². The SMILES string of the molecule is CN1CCC(Cn2c(C([NH-])Cc3cc(C(F)(F)F)cc(C(F)(F)F)c3)nc3ccccc32)CC1. The number of alkyl halides is 6. The monoisotopic (exact) mass is 483 g/mol. The Morgan fingerprint density at radius 1 is 0.971 bits per heavy atom. The average molecular weight is 483 g/mol. The lowest BCUT2D eigenvalue weighted by Gasteiger charge is -2.31. The van der Waals surface area contributed by atoms with Crippen molar-refractivity contribution in [2.75, 3.05) is 20.1 Å². The van der Waals surface area contributed by atoms with Crippen LogP contribution in [0.2, 0.25) is 0 Å². The molecule has 0 bridgehead atoms. The van der Waals surface area contributed by atoms with Gasteiger partial charge in [0.1, 0.15) is 0 Å². The predicted molar refractivity (Wildman–Crippen MR) is 117 cm³/mol. The van der Waals surface area contributed by atoms with E-state index in [-0.39, 0.29) is 18.1 Å². The molecule has 0 radical (unpaired) electrons. The molecule has 1 saturated heterocycles. The minimum Gasteiger partial charge on any atom is -0.668 e. The Labute approximate surface area is 193 Å². The first-order valence-corrected chi connectivity index (χ1v) is 11.0. The molecule has 3 aromatic rings. The molecule has 1 aliphatic heterocycles. The zero-order valence-electron chi connectivity index (χ0n) is 18.5. The molecule has 1 unspecified atom stereocenters. The maximum absolute atomic E-state index is 13.3. The Kier molecular flexibility index (Phi) is 6.65. The van der Waals surface area contributed by atoms with E-state index in [1.165, 1.54) is 0 Å². The molecule has 1 aromatic heterocycles. The fraction of sp³-hybridized carbons (Fsp3) is 0.458. The molecule has 1 atom stereocenters. The first kappa shape index (κ1) is 24.5. The topological polar surface area (TPSA) is 44.9 Å². The Morgan fingerprint density at radius 3 is 2.15 bits per heavy atom. The van der Waals surface area contributed by atoms with E-state index in [0.29, 0.717) is 35.9 Å². The summed E-state index contributed by atoms with van der Waals surface area (Å²) in [6.45, 7) is 2.50. The third kappa shape index (κ3) is 5.38. The van der Waals surface area contributed by atoms with E-state index in [1.807, 2.05) is 16.7 Å². The summed E-state index contributed by atoms with van der Waals surface area (Å²) in [5.41, 5.74) is 7.20. The van der Waals surface area contributed by atoms with Gasteiger partial charge in [0, 0.05) is 6.54 Å². The second kappa shape index (κ2) is 9.22. The minimum atomic E-state index is -4.92. The maximum Gasteiger partial charge on any atom is 0.416 e. The maximum atomic E-state index is 13.3. The van der Waals surface area contributed by atoms with Crippen molar-refractivity contribution in [2.24, 2.45) is 5.92 Å². The number of benzene rings is 2. The number of hydrogen-bond acceptors (Lipinski definition) is 2. The third-order valence-electron chi connectivity index (χ3n) is 6.36. The Hall–Kier alpha value is -2.59. The zero-order valence-corrected chi connectivity index (χ0v) is 18.5. The summed E-state index contributed by atoms with van der Waals surface area (Å²) in [7, 11) is 2.05. The molecule has 0 amide bonds. The second-order valence-corrected chi connectivity index (χ2v) is 8.99. The molecule has 2 heterocycles. The molecule has 34 heavy (non-hydrogen) atoms. The van der Waals surface area contributed by atoms with Crippen molar-refractivity contribution in [3.05, 3.63) is 70.7 Å². The number of para-hydroxylation sites is 2. The summed E-state index contributed by atoms with van der Waals surface area (Å²) < 4.78 is 81.4. The van der Waals surface area contributed by atoms with Crippen molar-refractivity contribution in [3.63, 3.8) is 0 Å². The summed E-state index contributed by atoms with van der Waals surface area (Å²) in [4.78, 5) is 6.79. The van der Waals surface area contributed by atoms with Gasteiger partial charge in [-0.05, 0) is 81.2 Å². The number of nitrogens with one attached hydrogen (secondary N) is 1. The highest BCUT2D eigenvalue weighted by Gasteiger charge is 2.37. The molecular formula is C24H25F6N4-. The van der Waals surface area contributed by atoms with Gasteiger partial charge in [0.2, 0.25) is 0 Å². The lowest BCUT2D eigenvalue weighted by Crippen LogP contribution is -2.32. The number of halogens is 6. The summed E-state index contributed by atoms with van der Waals surface area (Å²) in [5.74, 6) is 0.705. The van der Waals surface area contributed by atoms with Crippen LogP contribution in [0.15, 0.2) is 42.5 Å². The van der Waals surface area contributed by atoms with Crippen LogP contribution in [-0.4, -0.2) is 34.6 Å². The van der Waals surface area contributed by atoms with Crippen LogP contribution in [0.5, 0.6) is 0 Å². The standard InChI is InChI=1S/C24H25F6N4/c1-33-8-6-15(7-9-33)14-34-21-5-3-2-4-20(21)32-22(34)19(31)12-16-10-17(23(25,26)27)13-18(11-16)24(28,29)30/h2-5,10-11,13,15,19,31H,6-9,12,14H2,1H3/q-1. The number of nitrogens with zero attached hydrogens (tertiary/aromatic N) is 3. The summed E-state index contributed by atoms with van der Waals surface area (Å²) >= 11 is 0. The fourth-order valence-electron chi connectivity index (χ4n) is 4.52. The normalized spacial score (nSPS) is 17.4. The van der Waals surface area contributed by atoms with Crippen LogP contribution in [0.3, 0.4) is 0 Å². The van der Waals surface area contributed by atoms with Crippen molar-refractivity contribution in [3.8, 4) is 0 Å². The van der Waals surface area contributed by atoms with E-state index in [2.05, 4.69) is 16.9 Å². The Bertz CT molecular complexity index is 1110. The van der Waals surface area contributed by atoms with E-state index >= 15 is 0 Å². The smallest absolute Gasteiger partial charge is 0.416 e. The number of rotatable bonds is 5. The molecule has 2 aromatic carbocycles. The van der Waals surface area contributed by atoms with Crippen LogP contribution >= 0.6 is 0 Å². The molecule has 10 heteroatoms. The molecule has 4 nitrogen and oxygen atoms in total. The van der Waals surface area contributed by atoms with Gasteiger partial charge in [-0.1, -0.05) is 18.2 Å². The lowest BCUT2D eigenvalue weighted by atomic mass is 9.96. The fourth-order valence-corrected chi connectivity index (χ4v) is 4.52. The molecule has 1 N–H and O–H groups in total. The second-order valence-electron chi connectivity index (χ2n) is 8.99. The predicted octanol–water partition coefficient (Wildman–Crippen LogP) is 6.75. The number of fused-ring (bicyclic) bond motifs is 1. The van der Waals surface area contributed by atoms with Crippen molar-refractivity contribution in [2.45, 2.75) is 44.2 Å². The van der Waals surface area contributed by atoms with E-state index in [1.54, 1.807) is 12.1 Å². The van der Waals surface area contributed by atoms with Crippen LogP contribution in [0.1, 0.15) is 41.4 Å². The number of piperidine rings is 1. The number of hydrogen-bond donors (Lipinski definition) is 0. The van der Waals surface area contributed by atoms with Crippen molar-refractivity contribution in [1.29, 1.82) is 0 Å². The Morgan fingerprint density at radius 2 is 1.56 bits per heavy atom. The van der Waals surface area contributed by atoms with Gasteiger partial charge in [-0.3, -0.25) is 0 Å². The van der Waals surface area contributed by atoms with Crippen LogP contribution in [0, 0.1) is 5.92 Å². The first-order chi connectivity index (χ1) is 15.9. The minimum absolute atomic E-state index is 0.109. The van der Waals surface area contributed by atoms with Gasteiger partial charge < -0.3 is 15.2 Å². The summed E-state index contributed by atoms with van der Waals surface area (Å²) in [6, 6.07) is 7.70. The molecular weight excluding hydrogens is 458 g/mol. The molecule has 184 valence electrons. The molecule has 0 aliphatic carbocycles. The van der Waals surface area contributed by atoms with Crippen LogP contribution in [-0.2, 0) is 25.3 Å². The van der Waals surface area contributed by atoms with Gasteiger partial charge >= 0.3 is 12.4 Å². The van der Waals surface area contributed by atoms with Crippen molar-refractivity contribution < 1.29 is 26.3 Å². The molecule has 1 fully saturated rings. The van der Waals surface area contributed by atoms with E-state index in [9.17, 15) is 26.3 Å².